The average Bonchev–Trinajstić information content (AvgIpc) is 3.00. The molecule has 2 heterocycles. The van der Waals surface area contributed by atoms with E-state index in [1.807, 2.05) is 0 Å². The maximum absolute atomic E-state index is 13.9. The second kappa shape index (κ2) is 5.50. The minimum absolute atomic E-state index is 0.217. The van der Waals surface area contributed by atoms with E-state index in [4.69, 9.17) is 5.73 Å². The average molecular weight is 277 g/mol. The fourth-order valence-corrected chi connectivity index (χ4v) is 3.41. The number of halogens is 1. The zero-order valence-corrected chi connectivity index (χ0v) is 11.4. The summed E-state index contributed by atoms with van der Waals surface area (Å²) in [6.45, 7) is 2.84. The van der Waals surface area contributed by atoms with Crippen LogP contribution in [-0.2, 0) is 6.54 Å². The molecule has 2 aliphatic rings. The van der Waals surface area contributed by atoms with Gasteiger partial charge in [0.1, 0.15) is 5.82 Å². The minimum Gasteiger partial charge on any atom is -0.366 e. The van der Waals surface area contributed by atoms with Gasteiger partial charge in [-0.3, -0.25) is 9.69 Å². The van der Waals surface area contributed by atoms with Crippen LogP contribution < -0.4 is 11.1 Å². The van der Waals surface area contributed by atoms with Crippen LogP contribution in [0.5, 0.6) is 0 Å². The normalized spacial score (nSPS) is 25.9. The number of carbonyl (C=O) groups is 1. The Morgan fingerprint density at radius 1 is 1.40 bits per heavy atom. The van der Waals surface area contributed by atoms with Crippen molar-refractivity contribution in [1.82, 2.24) is 10.2 Å². The molecule has 20 heavy (non-hydrogen) atoms. The molecule has 2 atom stereocenters. The lowest BCUT2D eigenvalue weighted by molar-refractivity contribution is 0.1000. The largest absolute Gasteiger partial charge is 0.366 e. The van der Waals surface area contributed by atoms with Crippen LogP contribution >= 0.6 is 0 Å². The third-order valence-electron chi connectivity index (χ3n) is 4.50. The number of nitrogens with zero attached hydrogens (tertiary/aromatic N) is 1. The van der Waals surface area contributed by atoms with Gasteiger partial charge in [0.05, 0.1) is 0 Å². The number of primary amides is 1. The van der Waals surface area contributed by atoms with Gasteiger partial charge in [-0.25, -0.2) is 4.39 Å². The Bertz CT molecular complexity index is 520. The van der Waals surface area contributed by atoms with E-state index in [0.29, 0.717) is 24.2 Å². The first kappa shape index (κ1) is 13.5. The summed E-state index contributed by atoms with van der Waals surface area (Å²) in [5.41, 5.74) is 5.94. The first-order chi connectivity index (χ1) is 9.65. The van der Waals surface area contributed by atoms with Crippen LogP contribution in [0.4, 0.5) is 4.39 Å². The van der Waals surface area contributed by atoms with Gasteiger partial charge in [-0.05, 0) is 37.9 Å². The van der Waals surface area contributed by atoms with Crippen molar-refractivity contribution in [2.24, 2.45) is 5.73 Å². The molecule has 2 saturated heterocycles. The number of rotatable bonds is 4. The summed E-state index contributed by atoms with van der Waals surface area (Å²) in [6, 6.07) is 5.51. The fourth-order valence-electron chi connectivity index (χ4n) is 3.41. The maximum Gasteiger partial charge on any atom is 0.248 e. The van der Waals surface area contributed by atoms with Gasteiger partial charge in [-0.2, -0.15) is 0 Å². The Morgan fingerprint density at radius 3 is 3.00 bits per heavy atom. The van der Waals surface area contributed by atoms with E-state index in [1.165, 1.54) is 25.5 Å². The SMILES string of the molecule is NC(=O)c1ccc(CNC2CCN3CCCC23)c(F)c1. The van der Waals surface area contributed by atoms with Crippen molar-refractivity contribution in [3.63, 3.8) is 0 Å². The lowest BCUT2D eigenvalue weighted by Gasteiger charge is -2.21. The van der Waals surface area contributed by atoms with Crippen molar-refractivity contribution < 1.29 is 9.18 Å². The first-order valence-electron chi connectivity index (χ1n) is 7.21. The third-order valence-corrected chi connectivity index (χ3v) is 4.50. The number of amides is 1. The number of fused-ring (bicyclic) bond motifs is 1. The van der Waals surface area contributed by atoms with E-state index < -0.39 is 5.91 Å². The van der Waals surface area contributed by atoms with Gasteiger partial charge >= 0.3 is 0 Å². The predicted molar refractivity (Wildman–Crippen MR) is 74.8 cm³/mol. The highest BCUT2D eigenvalue weighted by molar-refractivity contribution is 5.92. The second-order valence-electron chi connectivity index (χ2n) is 5.69. The molecule has 0 spiro atoms. The molecule has 3 rings (SSSR count). The first-order valence-corrected chi connectivity index (χ1v) is 7.21. The lowest BCUT2D eigenvalue weighted by atomic mass is 10.1. The number of nitrogens with one attached hydrogen (secondary N) is 1. The Labute approximate surface area is 118 Å². The van der Waals surface area contributed by atoms with Crippen LogP contribution in [0.15, 0.2) is 18.2 Å². The van der Waals surface area contributed by atoms with Crippen LogP contribution in [0.25, 0.3) is 0 Å². The van der Waals surface area contributed by atoms with Crippen LogP contribution in [0, 0.1) is 5.82 Å². The molecular formula is C15H20FN3O. The van der Waals surface area contributed by atoms with Crippen LogP contribution in [0.1, 0.15) is 35.2 Å². The summed E-state index contributed by atoms with van der Waals surface area (Å²) < 4.78 is 13.9. The summed E-state index contributed by atoms with van der Waals surface area (Å²) in [4.78, 5) is 13.5. The molecule has 1 aromatic rings. The smallest absolute Gasteiger partial charge is 0.248 e. The van der Waals surface area contributed by atoms with Crippen molar-refractivity contribution in [3.8, 4) is 0 Å². The van der Waals surface area contributed by atoms with Crippen LogP contribution in [0.3, 0.4) is 0 Å². The number of carbonyl (C=O) groups excluding carboxylic acids is 1. The van der Waals surface area contributed by atoms with E-state index in [-0.39, 0.29) is 11.4 Å². The van der Waals surface area contributed by atoms with Crippen molar-refractivity contribution in [2.75, 3.05) is 13.1 Å². The van der Waals surface area contributed by atoms with Gasteiger partial charge in [-0.15, -0.1) is 0 Å². The molecule has 0 radical (unpaired) electrons. The highest BCUT2D eigenvalue weighted by Crippen LogP contribution is 2.28. The molecule has 1 aromatic carbocycles. The van der Waals surface area contributed by atoms with E-state index in [9.17, 15) is 9.18 Å². The van der Waals surface area contributed by atoms with Gasteiger partial charge < -0.3 is 11.1 Å². The molecule has 0 aromatic heterocycles. The molecule has 1 amide bonds. The molecule has 2 unspecified atom stereocenters. The number of nitrogens with two attached hydrogens (primary N) is 1. The van der Waals surface area contributed by atoms with Gasteiger partial charge in [0.2, 0.25) is 5.91 Å². The lowest BCUT2D eigenvalue weighted by Crippen LogP contribution is -2.38. The number of hydrogen-bond donors (Lipinski definition) is 2. The number of hydrogen-bond acceptors (Lipinski definition) is 3. The van der Waals surface area contributed by atoms with Crippen molar-refractivity contribution >= 4 is 5.91 Å². The topological polar surface area (TPSA) is 58.4 Å². The second-order valence-corrected chi connectivity index (χ2v) is 5.69. The fraction of sp³-hybridized carbons (Fsp3) is 0.533. The molecule has 2 aliphatic heterocycles. The summed E-state index contributed by atoms with van der Waals surface area (Å²) in [7, 11) is 0. The van der Waals surface area contributed by atoms with Crippen LogP contribution in [0.2, 0.25) is 0 Å². The molecule has 0 aliphatic carbocycles. The zero-order valence-electron chi connectivity index (χ0n) is 11.4. The van der Waals surface area contributed by atoms with Gasteiger partial charge in [0.25, 0.3) is 0 Å². The summed E-state index contributed by atoms with van der Waals surface area (Å²) in [5.74, 6) is -0.962. The molecule has 108 valence electrons. The van der Waals surface area contributed by atoms with Gasteiger partial charge in [0.15, 0.2) is 0 Å². The molecule has 0 saturated carbocycles. The third kappa shape index (κ3) is 2.55. The van der Waals surface area contributed by atoms with E-state index in [2.05, 4.69) is 10.2 Å². The van der Waals surface area contributed by atoms with E-state index in [1.54, 1.807) is 12.1 Å². The molecule has 5 heteroatoms. The minimum atomic E-state index is -0.596. The molecule has 0 bridgehead atoms. The Kier molecular flexibility index (Phi) is 3.72. The van der Waals surface area contributed by atoms with E-state index >= 15 is 0 Å². The zero-order chi connectivity index (χ0) is 14.1. The van der Waals surface area contributed by atoms with Crippen molar-refractivity contribution in [3.05, 3.63) is 35.1 Å². The molecular weight excluding hydrogens is 257 g/mol. The molecule has 2 fully saturated rings. The molecule has 4 nitrogen and oxygen atoms in total. The maximum atomic E-state index is 13.9. The Morgan fingerprint density at radius 2 is 2.25 bits per heavy atom. The van der Waals surface area contributed by atoms with Crippen molar-refractivity contribution in [2.45, 2.75) is 37.9 Å². The summed E-state index contributed by atoms with van der Waals surface area (Å²) in [6.07, 6.45) is 3.64. The van der Waals surface area contributed by atoms with Gasteiger partial charge in [-0.1, -0.05) is 6.07 Å². The van der Waals surface area contributed by atoms with Gasteiger partial charge in [0, 0.05) is 36.3 Å². The monoisotopic (exact) mass is 277 g/mol. The Balaban J connectivity index is 1.62. The molecule has 3 N–H and O–H groups in total. The van der Waals surface area contributed by atoms with Crippen LogP contribution in [-0.4, -0.2) is 36.0 Å². The highest BCUT2D eigenvalue weighted by Gasteiger charge is 2.36. The quantitative estimate of drug-likeness (QED) is 0.871. The number of benzene rings is 1. The summed E-state index contributed by atoms with van der Waals surface area (Å²) in [5, 5.41) is 3.46. The van der Waals surface area contributed by atoms with E-state index in [0.717, 1.165) is 13.0 Å². The summed E-state index contributed by atoms with van der Waals surface area (Å²) >= 11 is 0. The highest BCUT2D eigenvalue weighted by atomic mass is 19.1. The standard InChI is InChI=1S/C15H20FN3O/c16-12-8-10(15(17)20)3-4-11(12)9-18-13-5-7-19-6-1-2-14(13)19/h3-4,8,13-14,18H,1-2,5-7,9H2,(H2,17,20). The predicted octanol–water partition coefficient (Wildman–Crippen LogP) is 1.25. The Hall–Kier alpha value is -1.46. The van der Waals surface area contributed by atoms with Crippen molar-refractivity contribution in [1.29, 1.82) is 0 Å².